The first-order chi connectivity index (χ1) is 12.9. The van der Waals surface area contributed by atoms with E-state index in [9.17, 15) is 19.3 Å². The molecule has 0 bridgehead atoms. The lowest BCUT2D eigenvalue weighted by Crippen LogP contribution is -2.04. The van der Waals surface area contributed by atoms with E-state index in [0.717, 1.165) is 18.2 Å². The number of carbonyl (C=O) groups excluding carboxylic acids is 1. The van der Waals surface area contributed by atoms with Gasteiger partial charge >= 0.3 is 5.97 Å². The van der Waals surface area contributed by atoms with Gasteiger partial charge in [0, 0.05) is 23.7 Å². The molecule has 0 unspecified atom stereocenters. The van der Waals surface area contributed by atoms with E-state index in [1.54, 1.807) is 0 Å². The first-order valence-corrected chi connectivity index (χ1v) is 7.61. The fourth-order valence-corrected chi connectivity index (χ4v) is 2.48. The maximum atomic E-state index is 14.1. The number of nitro benzene ring substituents is 1. The number of ether oxygens (including phenoxy) is 3. The van der Waals surface area contributed by atoms with Crippen molar-refractivity contribution in [1.82, 2.24) is 4.98 Å². The van der Waals surface area contributed by atoms with Gasteiger partial charge in [0.25, 0.3) is 5.69 Å². The van der Waals surface area contributed by atoms with Gasteiger partial charge in [0.15, 0.2) is 11.6 Å². The number of nitro groups is 1. The molecular formula is C18H13FN2O6. The molecule has 0 atom stereocenters. The van der Waals surface area contributed by atoms with Crippen molar-refractivity contribution in [2.24, 2.45) is 0 Å². The number of non-ortho nitro benzene ring substituents is 1. The van der Waals surface area contributed by atoms with E-state index in [2.05, 4.69) is 4.98 Å². The fraction of sp³-hybridized carbons (Fsp3) is 0.111. The summed E-state index contributed by atoms with van der Waals surface area (Å²) < 4.78 is 29.6. The number of nitrogens with zero attached hydrogens (tertiary/aromatic N) is 2. The Morgan fingerprint density at radius 1 is 1.11 bits per heavy atom. The van der Waals surface area contributed by atoms with Gasteiger partial charge in [-0.3, -0.25) is 15.1 Å². The maximum absolute atomic E-state index is 14.1. The quantitative estimate of drug-likeness (QED) is 0.381. The maximum Gasteiger partial charge on any atom is 0.341 e. The topological polar surface area (TPSA) is 101 Å². The lowest BCUT2D eigenvalue weighted by molar-refractivity contribution is -0.385. The van der Waals surface area contributed by atoms with Crippen LogP contribution < -0.4 is 9.47 Å². The Hall–Kier alpha value is -3.75. The Balaban J connectivity index is 2.09. The molecule has 0 aliphatic heterocycles. The third-order valence-corrected chi connectivity index (χ3v) is 3.77. The van der Waals surface area contributed by atoms with Crippen LogP contribution in [0.4, 0.5) is 10.1 Å². The summed E-state index contributed by atoms with van der Waals surface area (Å²) in [6.45, 7) is 0. The number of aromatic nitrogens is 1. The van der Waals surface area contributed by atoms with E-state index in [0.29, 0.717) is 10.9 Å². The summed E-state index contributed by atoms with van der Waals surface area (Å²) in [5.74, 6) is -1.24. The van der Waals surface area contributed by atoms with Gasteiger partial charge in [0.1, 0.15) is 17.1 Å². The Bertz CT molecular complexity index is 1050. The standard InChI is InChI=1S/C18H13FN2O6/c1-25-17-9-14-11(8-12(17)18(22)26-2)15(5-6-20-14)27-16-4-3-10(21(23)24)7-13(16)19/h3-9H,1-2H3. The number of pyridine rings is 1. The number of methoxy groups -OCH3 is 2. The molecule has 0 saturated heterocycles. The average Bonchev–Trinajstić information content (AvgIpc) is 2.67. The third kappa shape index (κ3) is 3.47. The van der Waals surface area contributed by atoms with Gasteiger partial charge in [-0.2, -0.15) is 0 Å². The molecule has 0 saturated carbocycles. The summed E-state index contributed by atoms with van der Waals surface area (Å²) in [5.41, 5.74) is 0.200. The number of halogens is 1. The third-order valence-electron chi connectivity index (χ3n) is 3.77. The predicted octanol–water partition coefficient (Wildman–Crippen LogP) is 3.87. The highest BCUT2D eigenvalue weighted by Gasteiger charge is 2.18. The van der Waals surface area contributed by atoms with Crippen LogP contribution in [0.5, 0.6) is 17.2 Å². The van der Waals surface area contributed by atoms with Crippen molar-refractivity contribution in [1.29, 1.82) is 0 Å². The van der Waals surface area contributed by atoms with Gasteiger partial charge in [-0.1, -0.05) is 0 Å². The molecule has 0 N–H and O–H groups in total. The molecule has 138 valence electrons. The van der Waals surface area contributed by atoms with E-state index in [1.807, 2.05) is 0 Å². The number of benzene rings is 2. The molecular weight excluding hydrogens is 359 g/mol. The summed E-state index contributed by atoms with van der Waals surface area (Å²) in [4.78, 5) is 26.2. The average molecular weight is 372 g/mol. The first kappa shape index (κ1) is 18.1. The molecule has 0 radical (unpaired) electrons. The zero-order chi connectivity index (χ0) is 19.6. The molecule has 1 aromatic heterocycles. The van der Waals surface area contributed by atoms with Gasteiger partial charge < -0.3 is 14.2 Å². The molecule has 27 heavy (non-hydrogen) atoms. The van der Waals surface area contributed by atoms with Crippen LogP contribution in [0.2, 0.25) is 0 Å². The minimum atomic E-state index is -0.893. The Morgan fingerprint density at radius 3 is 2.52 bits per heavy atom. The first-order valence-electron chi connectivity index (χ1n) is 7.61. The predicted molar refractivity (Wildman–Crippen MR) is 92.8 cm³/mol. The van der Waals surface area contributed by atoms with Crippen molar-refractivity contribution < 1.29 is 28.3 Å². The van der Waals surface area contributed by atoms with Crippen LogP contribution in [0.15, 0.2) is 42.6 Å². The van der Waals surface area contributed by atoms with Gasteiger partial charge in [-0.15, -0.1) is 0 Å². The van der Waals surface area contributed by atoms with Gasteiger partial charge in [-0.05, 0) is 18.2 Å². The minimum Gasteiger partial charge on any atom is -0.496 e. The zero-order valence-electron chi connectivity index (χ0n) is 14.3. The minimum absolute atomic E-state index is 0.148. The largest absolute Gasteiger partial charge is 0.496 e. The van der Waals surface area contributed by atoms with Crippen molar-refractivity contribution in [3.05, 3.63) is 64.1 Å². The second-order valence-electron chi connectivity index (χ2n) is 5.34. The zero-order valence-corrected chi connectivity index (χ0v) is 14.3. The summed E-state index contributed by atoms with van der Waals surface area (Å²) in [5, 5.41) is 11.1. The molecule has 3 rings (SSSR count). The van der Waals surface area contributed by atoms with Crippen molar-refractivity contribution in [2.75, 3.05) is 14.2 Å². The second kappa shape index (κ2) is 7.24. The van der Waals surface area contributed by atoms with Crippen molar-refractivity contribution in [2.45, 2.75) is 0 Å². The van der Waals surface area contributed by atoms with Gasteiger partial charge in [0.2, 0.25) is 0 Å². The molecule has 1 heterocycles. The molecule has 3 aromatic rings. The molecule has 0 spiro atoms. The molecule has 0 amide bonds. The summed E-state index contributed by atoms with van der Waals surface area (Å²) in [7, 11) is 2.64. The molecule has 0 fully saturated rings. The number of fused-ring (bicyclic) bond motifs is 1. The highest BCUT2D eigenvalue weighted by molar-refractivity contribution is 5.99. The van der Waals surface area contributed by atoms with Crippen LogP contribution in [-0.4, -0.2) is 30.1 Å². The lowest BCUT2D eigenvalue weighted by Gasteiger charge is -2.12. The van der Waals surface area contributed by atoms with Crippen molar-refractivity contribution in [3.63, 3.8) is 0 Å². The second-order valence-corrected chi connectivity index (χ2v) is 5.34. The van der Waals surface area contributed by atoms with Crippen molar-refractivity contribution >= 4 is 22.6 Å². The molecule has 2 aromatic carbocycles. The van der Waals surface area contributed by atoms with Crippen LogP contribution in [0.3, 0.4) is 0 Å². The van der Waals surface area contributed by atoms with Crippen LogP contribution >= 0.6 is 0 Å². The summed E-state index contributed by atoms with van der Waals surface area (Å²) in [6, 6.07) is 7.53. The van der Waals surface area contributed by atoms with E-state index in [1.165, 1.54) is 38.6 Å². The van der Waals surface area contributed by atoms with E-state index in [-0.39, 0.29) is 22.8 Å². The number of carbonyl (C=O) groups is 1. The Kier molecular flexibility index (Phi) is 4.84. The fourth-order valence-electron chi connectivity index (χ4n) is 2.48. The van der Waals surface area contributed by atoms with E-state index >= 15 is 0 Å². The molecule has 0 aliphatic carbocycles. The summed E-state index contributed by atoms with van der Waals surface area (Å²) in [6.07, 6.45) is 1.44. The number of esters is 1. The van der Waals surface area contributed by atoms with Crippen LogP contribution in [0.1, 0.15) is 10.4 Å². The van der Waals surface area contributed by atoms with Crippen molar-refractivity contribution in [3.8, 4) is 17.2 Å². The lowest BCUT2D eigenvalue weighted by atomic mass is 10.1. The van der Waals surface area contributed by atoms with Gasteiger partial charge in [0.05, 0.1) is 30.7 Å². The molecule has 0 aliphatic rings. The number of hydrogen-bond donors (Lipinski definition) is 0. The Labute approximate surface area is 152 Å². The molecule has 9 heteroatoms. The smallest absolute Gasteiger partial charge is 0.341 e. The van der Waals surface area contributed by atoms with Crippen LogP contribution in [0, 0.1) is 15.9 Å². The summed E-state index contributed by atoms with van der Waals surface area (Å²) >= 11 is 0. The number of rotatable bonds is 5. The normalized spacial score (nSPS) is 10.5. The highest BCUT2D eigenvalue weighted by atomic mass is 19.1. The number of hydrogen-bond acceptors (Lipinski definition) is 7. The van der Waals surface area contributed by atoms with Crippen LogP contribution in [0.25, 0.3) is 10.9 Å². The highest BCUT2D eigenvalue weighted by Crippen LogP contribution is 2.35. The van der Waals surface area contributed by atoms with Gasteiger partial charge in [-0.25, -0.2) is 9.18 Å². The van der Waals surface area contributed by atoms with Crippen LogP contribution in [-0.2, 0) is 4.74 Å². The van der Waals surface area contributed by atoms with E-state index < -0.39 is 22.4 Å². The monoisotopic (exact) mass is 372 g/mol. The SMILES string of the molecule is COC(=O)c1cc2c(Oc3ccc([N+](=O)[O-])cc3F)ccnc2cc1OC. The molecule has 8 nitrogen and oxygen atoms in total. The van der Waals surface area contributed by atoms with E-state index in [4.69, 9.17) is 14.2 Å². The Morgan fingerprint density at radius 2 is 1.89 bits per heavy atom.